The maximum Gasteiger partial charge on any atom is 0.283 e. The van der Waals surface area contributed by atoms with Gasteiger partial charge < -0.3 is 9.72 Å². The van der Waals surface area contributed by atoms with Crippen molar-refractivity contribution in [2.24, 2.45) is 0 Å². The van der Waals surface area contributed by atoms with Crippen LogP contribution >= 0.6 is 11.8 Å². The number of fused-ring (bicyclic) bond motifs is 3. The lowest BCUT2D eigenvalue weighted by molar-refractivity contribution is 0.340. The molecule has 0 unspecified atom stereocenters. The van der Waals surface area contributed by atoms with Gasteiger partial charge in [0.2, 0.25) is 0 Å². The normalized spacial score (nSPS) is 12.3. The van der Waals surface area contributed by atoms with Crippen molar-refractivity contribution in [1.29, 1.82) is 0 Å². The van der Waals surface area contributed by atoms with Gasteiger partial charge in [-0.2, -0.15) is 0 Å². The van der Waals surface area contributed by atoms with Crippen molar-refractivity contribution in [3.63, 3.8) is 0 Å². The van der Waals surface area contributed by atoms with E-state index in [9.17, 15) is 4.79 Å². The van der Waals surface area contributed by atoms with Crippen LogP contribution in [-0.2, 0) is 0 Å². The molecule has 160 valence electrons. The van der Waals surface area contributed by atoms with E-state index in [-0.39, 0.29) is 10.8 Å². The lowest BCUT2D eigenvalue weighted by atomic mass is 10.2. The molecule has 6 heteroatoms. The molecule has 0 bridgehead atoms. The molecule has 32 heavy (non-hydrogen) atoms. The smallest absolute Gasteiger partial charge is 0.283 e. The predicted molar refractivity (Wildman–Crippen MR) is 131 cm³/mol. The molecular formula is C26H23N3O2S. The number of aromatic nitrogens is 3. The largest absolute Gasteiger partial charge is 0.494 e. The van der Waals surface area contributed by atoms with Gasteiger partial charge in [-0.15, -0.1) is 0 Å². The number of rotatable bonds is 6. The van der Waals surface area contributed by atoms with E-state index in [1.165, 1.54) is 5.56 Å². The minimum Gasteiger partial charge on any atom is -0.494 e. The van der Waals surface area contributed by atoms with Crippen molar-refractivity contribution >= 4 is 33.7 Å². The lowest BCUT2D eigenvalue weighted by Gasteiger charge is -2.16. The fourth-order valence-electron chi connectivity index (χ4n) is 3.86. The molecule has 0 aliphatic carbocycles. The van der Waals surface area contributed by atoms with Crippen LogP contribution in [0, 0.1) is 0 Å². The molecule has 5 aromatic rings. The third-order valence-electron chi connectivity index (χ3n) is 5.45. The number of aromatic amines is 1. The standard InChI is InChI=1S/C26H23N3O2S/c1-3-31-20-15-13-19(14-16-20)29-25(30)24-23(21-11-7-8-12-22(21)27-24)28-26(29)32-17(2)18-9-5-4-6-10-18/h4-17,27H,3H2,1-2H3/t17-/m1/s1. The fraction of sp³-hybridized carbons (Fsp3) is 0.154. The van der Waals surface area contributed by atoms with Crippen LogP contribution in [0.3, 0.4) is 0 Å². The van der Waals surface area contributed by atoms with Crippen molar-refractivity contribution in [2.75, 3.05) is 6.61 Å². The fourth-order valence-corrected chi connectivity index (χ4v) is 4.90. The van der Waals surface area contributed by atoms with E-state index >= 15 is 0 Å². The van der Waals surface area contributed by atoms with Crippen molar-refractivity contribution in [1.82, 2.24) is 14.5 Å². The molecule has 2 heterocycles. The first-order valence-electron chi connectivity index (χ1n) is 10.6. The maximum absolute atomic E-state index is 13.7. The molecule has 0 saturated carbocycles. The predicted octanol–water partition coefficient (Wildman–Crippen LogP) is 6.12. The highest BCUT2D eigenvalue weighted by atomic mass is 32.2. The lowest BCUT2D eigenvalue weighted by Crippen LogP contribution is -2.22. The molecule has 0 aliphatic rings. The van der Waals surface area contributed by atoms with Gasteiger partial charge >= 0.3 is 0 Å². The monoisotopic (exact) mass is 441 g/mol. The van der Waals surface area contributed by atoms with Crippen LogP contribution in [0.2, 0.25) is 0 Å². The molecule has 0 aliphatic heterocycles. The summed E-state index contributed by atoms with van der Waals surface area (Å²) < 4.78 is 7.27. The Morgan fingerprint density at radius 3 is 2.47 bits per heavy atom. The summed E-state index contributed by atoms with van der Waals surface area (Å²) in [5.41, 5.74) is 3.95. The second-order valence-electron chi connectivity index (χ2n) is 7.53. The van der Waals surface area contributed by atoms with Crippen molar-refractivity contribution < 1.29 is 4.74 Å². The number of para-hydroxylation sites is 1. The van der Waals surface area contributed by atoms with E-state index in [0.29, 0.717) is 22.8 Å². The highest BCUT2D eigenvalue weighted by Gasteiger charge is 2.19. The number of ether oxygens (including phenoxy) is 1. The van der Waals surface area contributed by atoms with Gasteiger partial charge in [-0.05, 0) is 49.7 Å². The number of hydrogen-bond acceptors (Lipinski definition) is 4. The number of nitrogens with one attached hydrogen (secondary N) is 1. The number of nitrogens with zero attached hydrogens (tertiary/aromatic N) is 2. The summed E-state index contributed by atoms with van der Waals surface area (Å²) in [5, 5.41) is 1.74. The van der Waals surface area contributed by atoms with E-state index in [4.69, 9.17) is 9.72 Å². The zero-order valence-corrected chi connectivity index (χ0v) is 18.7. The molecule has 1 N–H and O–H groups in total. The number of benzene rings is 3. The summed E-state index contributed by atoms with van der Waals surface area (Å²) in [6.45, 7) is 4.68. The minimum atomic E-state index is -0.113. The van der Waals surface area contributed by atoms with Gasteiger partial charge in [0, 0.05) is 16.2 Å². The van der Waals surface area contributed by atoms with Crippen molar-refractivity contribution in [3.8, 4) is 11.4 Å². The molecule has 0 fully saturated rings. The SMILES string of the molecule is CCOc1ccc(-n2c(S[C@H](C)c3ccccc3)nc3c([nH]c4ccccc43)c2=O)cc1. The average molecular weight is 442 g/mol. The zero-order chi connectivity index (χ0) is 22.1. The van der Waals surface area contributed by atoms with Crippen LogP contribution in [0.5, 0.6) is 5.75 Å². The molecule has 0 spiro atoms. The number of hydrogen-bond donors (Lipinski definition) is 1. The van der Waals surface area contributed by atoms with Crippen molar-refractivity contribution in [2.45, 2.75) is 24.3 Å². The summed E-state index contributed by atoms with van der Waals surface area (Å²) in [5.74, 6) is 0.774. The molecule has 1 atom stereocenters. The summed E-state index contributed by atoms with van der Waals surface area (Å²) in [6.07, 6.45) is 0. The van der Waals surface area contributed by atoms with Gasteiger partial charge in [0.1, 0.15) is 16.8 Å². The van der Waals surface area contributed by atoms with E-state index in [0.717, 1.165) is 22.3 Å². The van der Waals surface area contributed by atoms with E-state index in [1.807, 2.05) is 73.7 Å². The topological polar surface area (TPSA) is 59.9 Å². The van der Waals surface area contributed by atoms with Gasteiger partial charge in [-0.1, -0.05) is 60.3 Å². The molecular weight excluding hydrogens is 418 g/mol. The second-order valence-corrected chi connectivity index (χ2v) is 8.83. The van der Waals surface area contributed by atoms with Crippen LogP contribution in [0.4, 0.5) is 0 Å². The summed E-state index contributed by atoms with van der Waals surface area (Å²) >= 11 is 1.58. The molecule has 3 aromatic carbocycles. The quantitative estimate of drug-likeness (QED) is 0.255. The highest BCUT2D eigenvalue weighted by Crippen LogP contribution is 2.35. The molecule has 0 amide bonds. The Bertz CT molecular complexity index is 1440. The van der Waals surface area contributed by atoms with Crippen LogP contribution in [0.15, 0.2) is 88.8 Å². The first-order chi connectivity index (χ1) is 15.7. The van der Waals surface area contributed by atoms with Crippen molar-refractivity contribution in [3.05, 3.63) is 94.8 Å². The minimum absolute atomic E-state index is 0.113. The van der Waals surface area contributed by atoms with Gasteiger partial charge in [-0.3, -0.25) is 9.36 Å². The first-order valence-corrected chi connectivity index (χ1v) is 11.5. The molecule has 0 saturated heterocycles. The summed E-state index contributed by atoms with van der Waals surface area (Å²) in [7, 11) is 0. The molecule has 0 radical (unpaired) electrons. The number of thioether (sulfide) groups is 1. The Morgan fingerprint density at radius 1 is 1.00 bits per heavy atom. The highest BCUT2D eigenvalue weighted by molar-refractivity contribution is 7.99. The van der Waals surface area contributed by atoms with Crippen LogP contribution in [-0.4, -0.2) is 21.1 Å². The summed E-state index contributed by atoms with van der Waals surface area (Å²) in [6, 6.07) is 25.7. The van der Waals surface area contributed by atoms with E-state index in [2.05, 4.69) is 24.0 Å². The van der Waals surface area contributed by atoms with Gasteiger partial charge in [-0.25, -0.2) is 4.98 Å². The Morgan fingerprint density at radius 2 is 1.72 bits per heavy atom. The number of H-pyrrole nitrogens is 1. The van der Waals surface area contributed by atoms with Crippen LogP contribution < -0.4 is 10.3 Å². The van der Waals surface area contributed by atoms with Gasteiger partial charge in [0.05, 0.1) is 12.3 Å². The average Bonchev–Trinajstić information content (AvgIpc) is 3.20. The third-order valence-corrected chi connectivity index (χ3v) is 6.56. The Balaban J connectivity index is 1.70. The third kappa shape index (κ3) is 3.67. The van der Waals surface area contributed by atoms with Crippen LogP contribution in [0.25, 0.3) is 27.6 Å². The maximum atomic E-state index is 13.7. The summed E-state index contributed by atoms with van der Waals surface area (Å²) in [4.78, 5) is 22.0. The zero-order valence-electron chi connectivity index (χ0n) is 17.9. The van der Waals surface area contributed by atoms with Crippen LogP contribution in [0.1, 0.15) is 24.7 Å². The van der Waals surface area contributed by atoms with Gasteiger partial charge in [0.25, 0.3) is 5.56 Å². The molecule has 5 rings (SSSR count). The Kier molecular flexibility index (Phi) is 5.45. The second kappa shape index (κ2) is 8.55. The van der Waals surface area contributed by atoms with E-state index < -0.39 is 0 Å². The Labute approximate surface area is 190 Å². The first kappa shape index (κ1) is 20.4. The molecule has 5 nitrogen and oxygen atoms in total. The van der Waals surface area contributed by atoms with E-state index in [1.54, 1.807) is 16.3 Å². The van der Waals surface area contributed by atoms with Gasteiger partial charge in [0.15, 0.2) is 5.16 Å². The Hall–Kier alpha value is -3.51. The molecule has 2 aromatic heterocycles.